The molecule has 0 aromatic carbocycles. The van der Waals surface area contributed by atoms with Crippen LogP contribution in [0.2, 0.25) is 0 Å². The van der Waals surface area contributed by atoms with Crippen molar-refractivity contribution < 1.29 is 19.8 Å². The molecule has 0 fully saturated rings. The molecule has 0 unspecified atom stereocenters. The van der Waals surface area contributed by atoms with Crippen molar-refractivity contribution >= 4 is 17.6 Å². The van der Waals surface area contributed by atoms with E-state index in [1.807, 2.05) is 0 Å². The molecule has 1 heterocycles. The Bertz CT molecular complexity index is 341. The number of nitrogens with one attached hydrogen (secondary N) is 1. The molecule has 12 heavy (non-hydrogen) atoms. The smallest absolute Gasteiger partial charge is 0.354 e. The first kappa shape index (κ1) is 8.12. The number of aromatic amines is 1. The summed E-state index contributed by atoms with van der Waals surface area (Å²) >= 11 is 0. The lowest BCUT2D eigenvalue weighted by Gasteiger charge is -1.88. The normalized spacial score (nSPS) is 9.67. The first-order valence-electron chi connectivity index (χ1n) is 2.97. The fourth-order valence-electron chi connectivity index (χ4n) is 0.763. The van der Waals surface area contributed by atoms with Gasteiger partial charge in [0.2, 0.25) is 0 Å². The molecule has 0 aliphatic heterocycles. The highest BCUT2D eigenvalue weighted by molar-refractivity contribution is 5.96. The van der Waals surface area contributed by atoms with Gasteiger partial charge >= 0.3 is 11.9 Å². The molecule has 6 heteroatoms. The van der Waals surface area contributed by atoms with Crippen molar-refractivity contribution in [2.24, 2.45) is 0 Å². The molecule has 0 saturated heterocycles. The summed E-state index contributed by atoms with van der Waals surface area (Å²) in [4.78, 5) is 22.8. The molecule has 0 aliphatic carbocycles. The number of H-pyrrole nitrogens is 1. The van der Waals surface area contributed by atoms with Crippen molar-refractivity contribution in [2.45, 2.75) is 0 Å². The molecule has 0 aliphatic rings. The molecule has 0 radical (unpaired) electrons. The quantitative estimate of drug-likeness (QED) is 0.498. The van der Waals surface area contributed by atoms with E-state index in [0.717, 1.165) is 6.07 Å². The largest absolute Gasteiger partial charge is 0.477 e. The summed E-state index contributed by atoms with van der Waals surface area (Å²) in [7, 11) is 0. The van der Waals surface area contributed by atoms with Gasteiger partial charge in [-0.3, -0.25) is 0 Å². The second-order valence-electron chi connectivity index (χ2n) is 2.12. The van der Waals surface area contributed by atoms with Gasteiger partial charge in [-0.25, -0.2) is 9.59 Å². The number of aromatic carboxylic acids is 2. The number of hydrogen-bond acceptors (Lipinski definition) is 3. The van der Waals surface area contributed by atoms with Crippen LogP contribution in [0, 0.1) is 0 Å². The summed E-state index contributed by atoms with van der Waals surface area (Å²) in [6.45, 7) is 0. The molecular weight excluding hydrogens is 164 g/mol. The highest BCUT2D eigenvalue weighted by atomic mass is 16.4. The molecule has 64 valence electrons. The van der Waals surface area contributed by atoms with Gasteiger partial charge in [0, 0.05) is 0 Å². The van der Waals surface area contributed by atoms with Crippen LogP contribution in [0.4, 0.5) is 5.69 Å². The van der Waals surface area contributed by atoms with Gasteiger partial charge in [-0.2, -0.15) is 0 Å². The fraction of sp³-hybridized carbons (Fsp3) is 0. The zero-order chi connectivity index (χ0) is 9.30. The molecule has 1 aromatic rings. The Hall–Kier alpha value is -1.98. The number of carbonyl (C=O) groups is 2. The van der Waals surface area contributed by atoms with E-state index >= 15 is 0 Å². The maximum Gasteiger partial charge on any atom is 0.354 e. The molecule has 5 N–H and O–H groups in total. The first-order valence-corrected chi connectivity index (χ1v) is 2.97. The van der Waals surface area contributed by atoms with Crippen molar-refractivity contribution in [3.8, 4) is 0 Å². The van der Waals surface area contributed by atoms with Crippen molar-refractivity contribution in [1.82, 2.24) is 4.98 Å². The number of anilines is 1. The van der Waals surface area contributed by atoms with Gasteiger partial charge in [0.15, 0.2) is 0 Å². The average molecular weight is 170 g/mol. The summed E-state index contributed by atoms with van der Waals surface area (Å²) in [5, 5.41) is 16.9. The maximum atomic E-state index is 10.4. The van der Waals surface area contributed by atoms with Crippen LogP contribution in [-0.4, -0.2) is 27.1 Å². The summed E-state index contributed by atoms with van der Waals surface area (Å²) in [5.41, 5.74) is 4.59. The molecule has 0 bridgehead atoms. The third-order valence-corrected chi connectivity index (χ3v) is 1.29. The third kappa shape index (κ3) is 1.22. The molecule has 0 amide bonds. The molecule has 6 nitrogen and oxygen atoms in total. The lowest BCUT2D eigenvalue weighted by atomic mass is 10.3. The summed E-state index contributed by atoms with van der Waals surface area (Å²) < 4.78 is 0. The number of nitrogens with two attached hydrogens (primary N) is 1. The summed E-state index contributed by atoms with van der Waals surface area (Å²) in [6.07, 6.45) is 0. The van der Waals surface area contributed by atoms with Gasteiger partial charge in [0.05, 0.1) is 5.69 Å². The van der Waals surface area contributed by atoms with Gasteiger partial charge in [0.1, 0.15) is 11.4 Å². The number of aromatic nitrogens is 1. The van der Waals surface area contributed by atoms with Gasteiger partial charge in [-0.15, -0.1) is 0 Å². The lowest BCUT2D eigenvalue weighted by Crippen LogP contribution is -2.02. The van der Waals surface area contributed by atoms with Crippen LogP contribution in [0.3, 0.4) is 0 Å². The Morgan fingerprint density at radius 2 is 1.92 bits per heavy atom. The van der Waals surface area contributed by atoms with E-state index in [1.165, 1.54) is 0 Å². The monoisotopic (exact) mass is 170 g/mol. The van der Waals surface area contributed by atoms with Crippen LogP contribution in [0.1, 0.15) is 21.0 Å². The van der Waals surface area contributed by atoms with Gasteiger partial charge < -0.3 is 20.9 Å². The Kier molecular flexibility index (Phi) is 1.74. The van der Waals surface area contributed by atoms with E-state index in [9.17, 15) is 9.59 Å². The SMILES string of the molecule is Nc1cc(C(=O)O)[nH]c1C(=O)O. The van der Waals surface area contributed by atoms with Gasteiger partial charge in [-0.05, 0) is 6.07 Å². The standard InChI is InChI=1S/C6H6N2O4/c7-2-1-3(5(9)10)8-4(2)6(11)12/h1,8H,7H2,(H,9,10)(H,11,12). The number of carboxylic acids is 2. The number of nitrogen functional groups attached to an aromatic ring is 1. The molecule has 1 aromatic heterocycles. The minimum atomic E-state index is -1.28. The highest BCUT2D eigenvalue weighted by Gasteiger charge is 2.14. The Morgan fingerprint density at radius 1 is 1.33 bits per heavy atom. The first-order chi connectivity index (χ1) is 5.52. The predicted molar refractivity (Wildman–Crippen MR) is 39.1 cm³/mol. The lowest BCUT2D eigenvalue weighted by molar-refractivity contribution is 0.0690. The minimum Gasteiger partial charge on any atom is -0.477 e. The van der Waals surface area contributed by atoms with Crippen LogP contribution in [0.25, 0.3) is 0 Å². The number of carboxylic acid groups (broad SMARTS) is 2. The van der Waals surface area contributed by atoms with E-state index < -0.39 is 11.9 Å². The van der Waals surface area contributed by atoms with E-state index in [2.05, 4.69) is 4.98 Å². The summed E-state index contributed by atoms with van der Waals surface area (Å²) in [5.74, 6) is -2.52. The zero-order valence-corrected chi connectivity index (χ0v) is 5.87. The van der Waals surface area contributed by atoms with Crippen LogP contribution in [0.15, 0.2) is 6.07 Å². The van der Waals surface area contributed by atoms with E-state index in [1.54, 1.807) is 0 Å². The topological polar surface area (TPSA) is 116 Å². The molecule has 1 rings (SSSR count). The van der Waals surface area contributed by atoms with Gasteiger partial charge in [0.25, 0.3) is 0 Å². The number of rotatable bonds is 2. The fourth-order valence-corrected chi connectivity index (χ4v) is 0.763. The molecular formula is C6H6N2O4. The van der Waals surface area contributed by atoms with Crippen molar-refractivity contribution in [3.05, 3.63) is 17.5 Å². The Labute approximate surface area is 66.6 Å². The average Bonchev–Trinajstić information content (AvgIpc) is 2.30. The van der Waals surface area contributed by atoms with E-state index in [4.69, 9.17) is 15.9 Å². The van der Waals surface area contributed by atoms with Crippen molar-refractivity contribution in [2.75, 3.05) is 5.73 Å². The van der Waals surface area contributed by atoms with E-state index in [0.29, 0.717) is 0 Å². The van der Waals surface area contributed by atoms with Crippen LogP contribution >= 0.6 is 0 Å². The van der Waals surface area contributed by atoms with Crippen molar-refractivity contribution in [3.63, 3.8) is 0 Å². The molecule has 0 spiro atoms. The van der Waals surface area contributed by atoms with Crippen LogP contribution in [-0.2, 0) is 0 Å². The maximum absolute atomic E-state index is 10.4. The summed E-state index contributed by atoms with van der Waals surface area (Å²) in [6, 6.07) is 1.06. The Morgan fingerprint density at radius 3 is 2.17 bits per heavy atom. The van der Waals surface area contributed by atoms with Crippen LogP contribution in [0.5, 0.6) is 0 Å². The Balaban J connectivity index is 3.17. The van der Waals surface area contributed by atoms with Crippen LogP contribution < -0.4 is 5.73 Å². The number of hydrogen-bond donors (Lipinski definition) is 4. The predicted octanol–water partition coefficient (Wildman–Crippen LogP) is -0.00670. The second-order valence-corrected chi connectivity index (χ2v) is 2.12. The molecule has 0 atom stereocenters. The van der Waals surface area contributed by atoms with Gasteiger partial charge in [-0.1, -0.05) is 0 Å². The third-order valence-electron chi connectivity index (χ3n) is 1.29. The zero-order valence-electron chi connectivity index (χ0n) is 5.87. The van der Waals surface area contributed by atoms with E-state index in [-0.39, 0.29) is 17.1 Å². The highest BCUT2D eigenvalue weighted by Crippen LogP contribution is 2.12. The van der Waals surface area contributed by atoms with Crippen molar-refractivity contribution in [1.29, 1.82) is 0 Å². The molecule has 0 saturated carbocycles. The second kappa shape index (κ2) is 2.57. The minimum absolute atomic E-state index is 0.0834.